The van der Waals surface area contributed by atoms with E-state index in [1.165, 1.54) is 42.5 Å². The maximum Gasteiger partial charge on any atom is 0.431 e. The Hall–Kier alpha value is -4.19. The van der Waals surface area contributed by atoms with Crippen LogP contribution in [0.4, 0.5) is 24.5 Å². The molecule has 0 aromatic heterocycles. The molecule has 0 saturated carbocycles. The number of nitrogens with two attached hydrogens (primary N) is 1. The number of benzene rings is 3. The summed E-state index contributed by atoms with van der Waals surface area (Å²) in [5, 5.41) is 14.8. The molecule has 0 radical (unpaired) electrons. The van der Waals surface area contributed by atoms with E-state index in [0.717, 1.165) is 11.3 Å². The van der Waals surface area contributed by atoms with Crippen molar-refractivity contribution in [2.45, 2.75) is 23.5 Å². The summed E-state index contributed by atoms with van der Waals surface area (Å²) >= 11 is 0. The van der Waals surface area contributed by atoms with Crippen LogP contribution in [0.2, 0.25) is 0 Å². The molecule has 4 rings (SSSR count). The molecule has 1 amide bonds. The molecule has 1 unspecified atom stereocenters. The second-order valence-electron chi connectivity index (χ2n) is 8.41. The van der Waals surface area contributed by atoms with Gasteiger partial charge in [0.15, 0.2) is 9.84 Å². The predicted molar refractivity (Wildman–Crippen MR) is 135 cm³/mol. The lowest BCUT2D eigenvalue weighted by atomic mass is 10.0. The lowest BCUT2D eigenvalue weighted by Crippen LogP contribution is -2.39. The van der Waals surface area contributed by atoms with Gasteiger partial charge in [0.05, 0.1) is 10.6 Å². The lowest BCUT2D eigenvalue weighted by Gasteiger charge is -2.23. The molecular weight excluding hydrogens is 507 g/mol. The third kappa shape index (κ3) is 5.64. The molecule has 8 nitrogen and oxygen atoms in total. The number of halogens is 3. The van der Waals surface area contributed by atoms with Crippen LogP contribution in [-0.2, 0) is 14.6 Å². The minimum Gasteiger partial charge on any atom is -0.384 e. The molecular formula is C25H22F3N5O3S. The van der Waals surface area contributed by atoms with Crippen molar-refractivity contribution >= 4 is 38.7 Å². The number of hydrazone groups is 1. The molecule has 0 aliphatic carbocycles. The van der Waals surface area contributed by atoms with Gasteiger partial charge in [0.2, 0.25) is 5.91 Å². The molecule has 12 heteroatoms. The highest BCUT2D eigenvalue weighted by Crippen LogP contribution is 2.33. The standard InChI is InChI=1S/C25H22F3N5O3S/c1-37(35,36)21-8-3-2-7-19(21)15-9-11-17(12-10-15)31-24(34)20-14-22(25(26,27)28)32-33(20)18-6-4-5-16(13-18)23(29)30/h2-13,20H,14H2,1H3,(H3,29,30)(H,31,34). The highest BCUT2D eigenvalue weighted by Gasteiger charge is 2.45. The number of hydrogen-bond acceptors (Lipinski definition) is 6. The van der Waals surface area contributed by atoms with Gasteiger partial charge in [-0.2, -0.15) is 18.3 Å². The van der Waals surface area contributed by atoms with Crippen molar-refractivity contribution in [2.75, 3.05) is 16.6 Å². The first-order valence-corrected chi connectivity index (χ1v) is 12.8. The quantitative estimate of drug-likeness (QED) is 0.326. The number of carbonyl (C=O) groups is 1. The zero-order chi connectivity index (χ0) is 27.0. The average molecular weight is 530 g/mol. The second kappa shape index (κ2) is 9.69. The van der Waals surface area contributed by atoms with Crippen LogP contribution in [0.25, 0.3) is 11.1 Å². The Morgan fingerprint density at radius 2 is 1.76 bits per heavy atom. The Balaban J connectivity index is 1.59. The van der Waals surface area contributed by atoms with E-state index >= 15 is 0 Å². The van der Waals surface area contributed by atoms with Crippen molar-refractivity contribution in [1.82, 2.24) is 0 Å². The third-order valence-corrected chi connectivity index (χ3v) is 6.87. The Morgan fingerprint density at radius 1 is 1.08 bits per heavy atom. The summed E-state index contributed by atoms with van der Waals surface area (Å²) in [4.78, 5) is 13.2. The molecule has 1 heterocycles. The number of amidine groups is 1. The van der Waals surface area contributed by atoms with Gasteiger partial charge >= 0.3 is 6.18 Å². The Labute approximate surface area is 211 Å². The summed E-state index contributed by atoms with van der Waals surface area (Å²) in [6.07, 6.45) is -4.28. The zero-order valence-electron chi connectivity index (χ0n) is 19.5. The van der Waals surface area contributed by atoms with Crippen molar-refractivity contribution in [3.63, 3.8) is 0 Å². The smallest absolute Gasteiger partial charge is 0.384 e. The second-order valence-corrected chi connectivity index (χ2v) is 10.4. The number of alkyl halides is 3. The van der Waals surface area contributed by atoms with Crippen molar-refractivity contribution in [1.29, 1.82) is 5.41 Å². The molecule has 1 atom stereocenters. The van der Waals surface area contributed by atoms with E-state index in [0.29, 0.717) is 16.8 Å². The third-order valence-electron chi connectivity index (χ3n) is 5.71. The maximum atomic E-state index is 13.5. The minimum atomic E-state index is -4.72. The number of nitrogens with zero attached hydrogens (tertiary/aromatic N) is 2. The van der Waals surface area contributed by atoms with Crippen LogP contribution in [0, 0.1) is 5.41 Å². The van der Waals surface area contributed by atoms with E-state index in [-0.39, 0.29) is 22.0 Å². The molecule has 37 heavy (non-hydrogen) atoms. The fraction of sp³-hybridized carbons (Fsp3) is 0.160. The normalized spacial score (nSPS) is 15.8. The molecule has 4 N–H and O–H groups in total. The summed E-state index contributed by atoms with van der Waals surface area (Å²) in [5.74, 6) is -1.000. The number of sulfone groups is 1. The van der Waals surface area contributed by atoms with Crippen LogP contribution in [0.15, 0.2) is 82.8 Å². The van der Waals surface area contributed by atoms with Crippen molar-refractivity contribution < 1.29 is 26.4 Å². The first kappa shape index (κ1) is 25.9. The summed E-state index contributed by atoms with van der Waals surface area (Å²) in [6.45, 7) is 0. The van der Waals surface area contributed by atoms with Crippen molar-refractivity contribution in [2.24, 2.45) is 10.8 Å². The van der Waals surface area contributed by atoms with Gasteiger partial charge in [0, 0.05) is 29.5 Å². The number of amides is 1. The van der Waals surface area contributed by atoms with E-state index in [4.69, 9.17) is 11.1 Å². The topological polar surface area (TPSA) is 129 Å². The predicted octanol–water partition coefficient (Wildman–Crippen LogP) is 4.18. The first-order chi connectivity index (χ1) is 17.3. The van der Waals surface area contributed by atoms with Gasteiger partial charge in [0.1, 0.15) is 17.6 Å². The lowest BCUT2D eigenvalue weighted by molar-refractivity contribution is -0.117. The summed E-state index contributed by atoms with van der Waals surface area (Å²) < 4.78 is 64.6. The Bertz CT molecular complexity index is 1500. The molecule has 3 aromatic carbocycles. The molecule has 1 aliphatic rings. The van der Waals surface area contributed by atoms with Crippen LogP contribution >= 0.6 is 0 Å². The number of hydrogen-bond donors (Lipinski definition) is 3. The summed E-state index contributed by atoms with van der Waals surface area (Å²) in [5.41, 5.74) is 6.23. The van der Waals surface area contributed by atoms with Gasteiger partial charge in [-0.1, -0.05) is 42.5 Å². The molecule has 0 bridgehead atoms. The highest BCUT2D eigenvalue weighted by molar-refractivity contribution is 7.90. The van der Waals surface area contributed by atoms with Crippen LogP contribution in [0.1, 0.15) is 12.0 Å². The zero-order valence-corrected chi connectivity index (χ0v) is 20.3. The maximum absolute atomic E-state index is 13.5. The van der Waals surface area contributed by atoms with Crippen molar-refractivity contribution in [3.05, 3.63) is 78.4 Å². The highest BCUT2D eigenvalue weighted by atomic mass is 32.2. The van der Waals surface area contributed by atoms with E-state index in [1.54, 1.807) is 30.3 Å². The monoisotopic (exact) mass is 529 g/mol. The Kier molecular flexibility index (Phi) is 6.78. The first-order valence-electron chi connectivity index (χ1n) is 10.9. The summed E-state index contributed by atoms with van der Waals surface area (Å²) in [7, 11) is -3.48. The molecule has 0 fully saturated rings. The number of anilines is 2. The van der Waals surface area contributed by atoms with Crippen LogP contribution in [0.3, 0.4) is 0 Å². The van der Waals surface area contributed by atoms with Gasteiger partial charge < -0.3 is 11.1 Å². The number of carbonyl (C=O) groups excluding carboxylic acids is 1. The SMILES string of the molecule is CS(=O)(=O)c1ccccc1-c1ccc(NC(=O)C2CC(C(F)(F)F)=NN2c2cccc(C(=N)N)c2)cc1. The average Bonchev–Trinajstić information content (AvgIpc) is 3.31. The van der Waals surface area contributed by atoms with Gasteiger partial charge in [-0.05, 0) is 35.9 Å². The van der Waals surface area contributed by atoms with E-state index in [1.807, 2.05) is 0 Å². The number of nitrogens with one attached hydrogen (secondary N) is 2. The van der Waals surface area contributed by atoms with E-state index < -0.39 is 40.1 Å². The van der Waals surface area contributed by atoms with Crippen LogP contribution < -0.4 is 16.1 Å². The minimum absolute atomic E-state index is 0.151. The molecule has 0 saturated heterocycles. The van der Waals surface area contributed by atoms with Crippen LogP contribution in [-0.4, -0.2) is 44.3 Å². The molecule has 192 valence electrons. The van der Waals surface area contributed by atoms with Gasteiger partial charge in [-0.15, -0.1) is 0 Å². The number of nitrogen functional groups attached to an aromatic ring is 1. The fourth-order valence-electron chi connectivity index (χ4n) is 3.93. The van der Waals surface area contributed by atoms with E-state index in [9.17, 15) is 26.4 Å². The molecule has 0 spiro atoms. The Morgan fingerprint density at radius 3 is 2.38 bits per heavy atom. The fourth-order valence-corrected chi connectivity index (χ4v) is 4.84. The van der Waals surface area contributed by atoms with E-state index in [2.05, 4.69) is 10.4 Å². The molecule has 3 aromatic rings. The van der Waals surface area contributed by atoms with Crippen molar-refractivity contribution in [3.8, 4) is 11.1 Å². The largest absolute Gasteiger partial charge is 0.431 e. The van der Waals surface area contributed by atoms with Gasteiger partial charge in [-0.3, -0.25) is 15.2 Å². The molecule has 1 aliphatic heterocycles. The number of rotatable bonds is 6. The van der Waals surface area contributed by atoms with Gasteiger partial charge in [-0.25, -0.2) is 8.42 Å². The van der Waals surface area contributed by atoms with Gasteiger partial charge in [0.25, 0.3) is 0 Å². The summed E-state index contributed by atoms with van der Waals surface area (Å²) in [6, 6.07) is 17.4. The van der Waals surface area contributed by atoms with Crippen LogP contribution in [0.5, 0.6) is 0 Å².